The van der Waals surface area contributed by atoms with Crippen molar-refractivity contribution in [1.82, 2.24) is 4.98 Å². The van der Waals surface area contributed by atoms with Crippen molar-refractivity contribution >= 4 is 50.1 Å². The highest BCUT2D eigenvalue weighted by atomic mass is 32.1. The summed E-state index contributed by atoms with van der Waals surface area (Å²) in [6.45, 7) is 8.14. The van der Waals surface area contributed by atoms with Crippen molar-refractivity contribution in [3.63, 3.8) is 0 Å². The van der Waals surface area contributed by atoms with E-state index in [0.717, 1.165) is 31.7 Å². The molecule has 0 saturated heterocycles. The molecule has 3 heterocycles. The van der Waals surface area contributed by atoms with Crippen LogP contribution in [0.3, 0.4) is 0 Å². The number of carbonyl (C=O) groups is 1. The van der Waals surface area contributed by atoms with Crippen LogP contribution in [0.4, 0.5) is 10.1 Å². The third-order valence-corrected chi connectivity index (χ3v) is 6.34. The number of nitrogens with one attached hydrogen (secondary N) is 1. The van der Waals surface area contributed by atoms with Crippen LogP contribution in [-0.2, 0) is 0 Å². The lowest BCUT2D eigenvalue weighted by atomic mass is 9.98. The lowest BCUT2D eigenvalue weighted by Gasteiger charge is -2.06. The van der Waals surface area contributed by atoms with E-state index in [0.29, 0.717) is 5.13 Å². The maximum atomic E-state index is 12.3. The Labute approximate surface area is 174 Å². The van der Waals surface area contributed by atoms with E-state index in [1.807, 2.05) is 19.1 Å². The van der Waals surface area contributed by atoms with Gasteiger partial charge in [0.1, 0.15) is 0 Å². The van der Waals surface area contributed by atoms with E-state index in [4.69, 9.17) is 0 Å². The Hall–Kier alpha value is -2.54. The molecule has 3 aromatic rings. The number of thiophene rings is 2. The summed E-state index contributed by atoms with van der Waals surface area (Å²) in [7, 11) is 0. The third-order valence-electron chi connectivity index (χ3n) is 3.41. The molecule has 6 nitrogen and oxygen atoms in total. The van der Waals surface area contributed by atoms with Crippen LogP contribution in [0.5, 0.6) is 0 Å². The molecular weight excluding hydrogens is 414 g/mol. The second-order valence-electron chi connectivity index (χ2n) is 6.94. The zero-order chi connectivity index (χ0) is 20.5. The number of thiazole rings is 1. The van der Waals surface area contributed by atoms with Crippen molar-refractivity contribution in [3.8, 4) is 22.4 Å². The first-order valence-electron chi connectivity index (χ1n) is 8.29. The molecule has 0 saturated carbocycles. The summed E-state index contributed by atoms with van der Waals surface area (Å²) >= 11 is 3.77. The summed E-state index contributed by atoms with van der Waals surface area (Å²) in [5, 5.41) is 13.9. The van der Waals surface area contributed by atoms with Gasteiger partial charge in [-0.3, -0.25) is 20.2 Å². The molecule has 0 radical (unpaired) electrons. The first kappa shape index (κ1) is 20.2. The van der Waals surface area contributed by atoms with Crippen molar-refractivity contribution in [2.75, 3.05) is 5.32 Å². The second-order valence-corrected chi connectivity index (χ2v) is 10.3. The maximum Gasteiger partial charge on any atom is 0.324 e. The number of amides is 1. The number of nitro groups is 1. The minimum absolute atomic E-state index is 0.0605. The summed E-state index contributed by atoms with van der Waals surface area (Å²) in [6.07, 6.45) is 0. The standard InChI is InChI=1S/C19H17N3O3S3/c1-11-16(13-6-5-12(27-13)9-10-19(2,3)4)20-18(26-11)21-17(23)14-7-8-15(28-14)22(24)25/h5-8H,1-4H3,(H,20,21,23). The fourth-order valence-electron chi connectivity index (χ4n) is 2.17. The number of carbonyl (C=O) groups excluding carboxylic acids is 1. The van der Waals surface area contributed by atoms with Crippen LogP contribution >= 0.6 is 34.0 Å². The smallest absolute Gasteiger partial charge is 0.297 e. The van der Waals surface area contributed by atoms with Crippen LogP contribution in [0.15, 0.2) is 24.3 Å². The van der Waals surface area contributed by atoms with Gasteiger partial charge >= 0.3 is 5.00 Å². The molecule has 0 atom stereocenters. The van der Waals surface area contributed by atoms with Crippen molar-refractivity contribution in [3.05, 3.63) is 49.0 Å². The molecule has 28 heavy (non-hydrogen) atoms. The molecule has 1 amide bonds. The molecule has 0 bridgehead atoms. The first-order valence-corrected chi connectivity index (χ1v) is 10.7. The Morgan fingerprint density at radius 3 is 2.57 bits per heavy atom. The van der Waals surface area contributed by atoms with Gasteiger partial charge in [-0.05, 0) is 45.9 Å². The van der Waals surface area contributed by atoms with Gasteiger partial charge in [0.2, 0.25) is 0 Å². The lowest BCUT2D eigenvalue weighted by Crippen LogP contribution is -2.09. The molecule has 144 valence electrons. The Bertz CT molecular complexity index is 1110. The molecule has 0 spiro atoms. The van der Waals surface area contributed by atoms with Crippen LogP contribution in [-0.4, -0.2) is 15.8 Å². The fraction of sp³-hybridized carbons (Fsp3) is 0.263. The van der Waals surface area contributed by atoms with Crippen molar-refractivity contribution in [1.29, 1.82) is 0 Å². The molecular formula is C19H17N3O3S3. The highest BCUT2D eigenvalue weighted by molar-refractivity contribution is 7.19. The van der Waals surface area contributed by atoms with Gasteiger partial charge in [-0.1, -0.05) is 23.2 Å². The Morgan fingerprint density at radius 2 is 1.93 bits per heavy atom. The van der Waals surface area contributed by atoms with Crippen LogP contribution in [0.25, 0.3) is 10.6 Å². The summed E-state index contributed by atoms with van der Waals surface area (Å²) < 4.78 is 0. The quantitative estimate of drug-likeness (QED) is 0.321. The van der Waals surface area contributed by atoms with E-state index < -0.39 is 10.8 Å². The van der Waals surface area contributed by atoms with Gasteiger partial charge < -0.3 is 0 Å². The van der Waals surface area contributed by atoms with E-state index in [1.54, 1.807) is 11.3 Å². The van der Waals surface area contributed by atoms with Crippen LogP contribution in [0.1, 0.15) is 40.2 Å². The highest BCUT2D eigenvalue weighted by Gasteiger charge is 2.18. The molecule has 3 aromatic heterocycles. The Balaban J connectivity index is 1.77. The number of anilines is 1. The van der Waals surface area contributed by atoms with Gasteiger partial charge in [-0.15, -0.1) is 22.7 Å². The summed E-state index contributed by atoms with van der Waals surface area (Å²) in [5.74, 6) is 6.00. The average molecular weight is 432 g/mol. The van der Waals surface area contributed by atoms with Crippen LogP contribution < -0.4 is 5.32 Å². The molecule has 1 N–H and O–H groups in total. The topological polar surface area (TPSA) is 85.1 Å². The van der Waals surface area contributed by atoms with Crippen LogP contribution in [0.2, 0.25) is 0 Å². The number of hydrogen-bond donors (Lipinski definition) is 1. The maximum absolute atomic E-state index is 12.3. The van der Waals surface area contributed by atoms with E-state index in [9.17, 15) is 14.9 Å². The van der Waals surface area contributed by atoms with E-state index >= 15 is 0 Å². The van der Waals surface area contributed by atoms with Crippen molar-refractivity contribution in [2.24, 2.45) is 5.41 Å². The molecule has 0 unspecified atom stereocenters. The fourth-order valence-corrected chi connectivity index (χ4v) is 4.68. The van der Waals surface area contributed by atoms with Gasteiger partial charge in [0.25, 0.3) is 5.91 Å². The van der Waals surface area contributed by atoms with Crippen LogP contribution in [0, 0.1) is 34.3 Å². The Kier molecular flexibility index (Phi) is 5.65. The number of aryl methyl sites for hydroxylation is 1. The SMILES string of the molecule is Cc1sc(NC(=O)c2ccc([N+](=O)[O-])s2)nc1-c1ccc(C#CC(C)(C)C)s1. The highest BCUT2D eigenvalue weighted by Crippen LogP contribution is 2.35. The molecule has 0 aliphatic carbocycles. The zero-order valence-electron chi connectivity index (χ0n) is 15.7. The number of aromatic nitrogens is 1. The minimum atomic E-state index is -0.510. The van der Waals surface area contributed by atoms with Gasteiger partial charge in [0.05, 0.1) is 25.2 Å². The predicted octanol–water partition coefficient (Wildman–Crippen LogP) is 5.80. The number of nitrogens with zero attached hydrogens (tertiary/aromatic N) is 2. The predicted molar refractivity (Wildman–Crippen MR) is 115 cm³/mol. The van der Waals surface area contributed by atoms with Gasteiger partial charge in [0, 0.05) is 16.4 Å². The van der Waals surface area contributed by atoms with Gasteiger partial charge in [-0.25, -0.2) is 4.98 Å². The van der Waals surface area contributed by atoms with Gasteiger partial charge in [0.15, 0.2) is 5.13 Å². The van der Waals surface area contributed by atoms with E-state index in [2.05, 4.69) is 42.9 Å². The summed E-state index contributed by atoms with van der Waals surface area (Å²) in [4.78, 5) is 30.3. The Morgan fingerprint density at radius 1 is 1.18 bits per heavy atom. The molecule has 9 heteroatoms. The molecule has 0 aliphatic heterocycles. The summed E-state index contributed by atoms with van der Waals surface area (Å²) in [6, 6.07) is 6.72. The lowest BCUT2D eigenvalue weighted by molar-refractivity contribution is -0.380. The first-order chi connectivity index (χ1) is 13.1. The molecule has 3 rings (SSSR count). The second kappa shape index (κ2) is 7.83. The normalized spacial score (nSPS) is 11.0. The van der Waals surface area contributed by atoms with Crippen molar-refractivity contribution in [2.45, 2.75) is 27.7 Å². The number of rotatable bonds is 4. The van der Waals surface area contributed by atoms with Crippen molar-refractivity contribution < 1.29 is 9.72 Å². The van der Waals surface area contributed by atoms with Gasteiger partial charge in [-0.2, -0.15) is 0 Å². The van der Waals surface area contributed by atoms with E-state index in [-0.39, 0.29) is 15.3 Å². The molecule has 0 aromatic carbocycles. The number of hydrogen-bond acceptors (Lipinski definition) is 7. The molecule has 0 fully saturated rings. The minimum Gasteiger partial charge on any atom is -0.297 e. The summed E-state index contributed by atoms with van der Waals surface area (Å²) in [5.41, 5.74) is 0.751. The average Bonchev–Trinajstić information content (AvgIpc) is 3.31. The monoisotopic (exact) mass is 431 g/mol. The van der Waals surface area contributed by atoms with E-state index in [1.165, 1.54) is 23.5 Å². The largest absolute Gasteiger partial charge is 0.324 e. The zero-order valence-corrected chi connectivity index (χ0v) is 18.1. The molecule has 0 aliphatic rings. The third kappa shape index (κ3) is 4.84.